The van der Waals surface area contributed by atoms with Crippen molar-refractivity contribution in [2.45, 2.75) is 49.8 Å². The van der Waals surface area contributed by atoms with Crippen molar-refractivity contribution < 1.29 is 12.8 Å². The molecule has 0 heterocycles. The summed E-state index contributed by atoms with van der Waals surface area (Å²) < 4.78 is 40.8. The molecule has 0 spiro atoms. The van der Waals surface area contributed by atoms with Crippen LogP contribution in [0, 0.1) is 25.6 Å². The van der Waals surface area contributed by atoms with Gasteiger partial charge in [-0.15, -0.1) is 11.6 Å². The fraction of sp³-hybridized carbons (Fsp3) is 0.600. The molecule has 1 aromatic carbocycles. The Kier molecular flexibility index (Phi) is 5.28. The molecule has 6 heteroatoms. The summed E-state index contributed by atoms with van der Waals surface area (Å²) in [5.74, 6) is -0.140. The monoisotopic (exact) mass is 333 g/mol. The SMILES string of the molecule is Cc1cc(F)cc(C)c1S(=O)(=O)NCC1CCCC(Cl)C1. The van der Waals surface area contributed by atoms with Gasteiger partial charge in [-0.05, 0) is 62.3 Å². The average molecular weight is 334 g/mol. The Bertz CT molecular complexity index is 595. The minimum Gasteiger partial charge on any atom is -0.211 e. The van der Waals surface area contributed by atoms with Crippen molar-refractivity contribution in [2.24, 2.45) is 5.92 Å². The van der Waals surface area contributed by atoms with Crippen molar-refractivity contribution in [1.29, 1.82) is 0 Å². The quantitative estimate of drug-likeness (QED) is 0.857. The fourth-order valence-electron chi connectivity index (χ4n) is 3.03. The second kappa shape index (κ2) is 6.63. The molecule has 2 unspecified atom stereocenters. The van der Waals surface area contributed by atoms with Crippen LogP contribution < -0.4 is 4.72 Å². The first-order chi connectivity index (χ1) is 9.79. The summed E-state index contributed by atoms with van der Waals surface area (Å²) in [6.07, 6.45) is 3.87. The van der Waals surface area contributed by atoms with Crippen molar-refractivity contribution in [1.82, 2.24) is 4.72 Å². The van der Waals surface area contributed by atoms with Gasteiger partial charge in [-0.2, -0.15) is 0 Å². The molecule has 0 radical (unpaired) electrons. The Hall–Kier alpha value is -0.650. The summed E-state index contributed by atoms with van der Waals surface area (Å²) >= 11 is 6.13. The fourth-order valence-corrected chi connectivity index (χ4v) is 5.00. The van der Waals surface area contributed by atoms with Gasteiger partial charge in [0.25, 0.3) is 0 Å². The van der Waals surface area contributed by atoms with Gasteiger partial charge in [-0.3, -0.25) is 0 Å². The Morgan fingerprint density at radius 2 is 1.90 bits per heavy atom. The van der Waals surface area contributed by atoms with Crippen LogP contribution in [0.2, 0.25) is 0 Å². The maximum Gasteiger partial charge on any atom is 0.241 e. The maximum atomic E-state index is 13.3. The minimum atomic E-state index is -3.61. The maximum absolute atomic E-state index is 13.3. The van der Waals surface area contributed by atoms with Crippen LogP contribution in [-0.4, -0.2) is 20.3 Å². The van der Waals surface area contributed by atoms with Gasteiger partial charge in [-0.1, -0.05) is 6.42 Å². The van der Waals surface area contributed by atoms with Crippen LogP contribution in [0.3, 0.4) is 0 Å². The smallest absolute Gasteiger partial charge is 0.211 e. The molecule has 1 aliphatic carbocycles. The Morgan fingerprint density at radius 3 is 2.48 bits per heavy atom. The van der Waals surface area contributed by atoms with Crippen LogP contribution in [0.4, 0.5) is 4.39 Å². The van der Waals surface area contributed by atoms with E-state index in [0.717, 1.165) is 25.7 Å². The second-order valence-electron chi connectivity index (χ2n) is 5.85. The minimum absolute atomic E-state index is 0.141. The van der Waals surface area contributed by atoms with Gasteiger partial charge in [0.15, 0.2) is 0 Å². The molecule has 1 fully saturated rings. The predicted molar refractivity (Wildman–Crippen MR) is 82.7 cm³/mol. The highest BCUT2D eigenvalue weighted by Gasteiger charge is 2.24. The Balaban J connectivity index is 2.12. The molecule has 0 aromatic heterocycles. The van der Waals surface area contributed by atoms with Gasteiger partial charge >= 0.3 is 0 Å². The van der Waals surface area contributed by atoms with Gasteiger partial charge in [0.05, 0.1) is 4.90 Å². The molecule has 118 valence electrons. The molecule has 1 aliphatic rings. The van der Waals surface area contributed by atoms with E-state index in [1.807, 2.05) is 0 Å². The lowest BCUT2D eigenvalue weighted by Gasteiger charge is -2.25. The molecule has 0 aliphatic heterocycles. The van der Waals surface area contributed by atoms with E-state index < -0.39 is 15.8 Å². The molecule has 1 saturated carbocycles. The van der Waals surface area contributed by atoms with Crippen molar-refractivity contribution in [3.8, 4) is 0 Å². The predicted octanol–water partition coefficient (Wildman–Crippen LogP) is 3.52. The number of hydrogen-bond acceptors (Lipinski definition) is 2. The van der Waals surface area contributed by atoms with Crippen LogP contribution in [0.25, 0.3) is 0 Å². The van der Waals surface area contributed by atoms with Crippen LogP contribution in [0.5, 0.6) is 0 Å². The number of benzene rings is 1. The van der Waals surface area contributed by atoms with Crippen molar-refractivity contribution in [3.05, 3.63) is 29.1 Å². The van der Waals surface area contributed by atoms with Gasteiger partial charge in [0.2, 0.25) is 10.0 Å². The lowest BCUT2D eigenvalue weighted by Crippen LogP contribution is -2.32. The third-order valence-electron chi connectivity index (χ3n) is 3.97. The first-order valence-electron chi connectivity index (χ1n) is 7.20. The zero-order valence-corrected chi connectivity index (χ0v) is 13.9. The molecular formula is C15H21ClFNO2S. The Morgan fingerprint density at radius 1 is 1.29 bits per heavy atom. The van der Waals surface area contributed by atoms with Crippen molar-refractivity contribution in [3.63, 3.8) is 0 Å². The van der Waals surface area contributed by atoms with Crippen LogP contribution in [-0.2, 0) is 10.0 Å². The summed E-state index contributed by atoms with van der Waals surface area (Å²) in [6, 6.07) is 2.49. The van der Waals surface area contributed by atoms with E-state index in [4.69, 9.17) is 11.6 Å². The first-order valence-corrected chi connectivity index (χ1v) is 9.12. The highest BCUT2D eigenvalue weighted by Crippen LogP contribution is 2.28. The molecule has 1 aromatic rings. The molecule has 0 bridgehead atoms. The topological polar surface area (TPSA) is 46.2 Å². The molecule has 1 N–H and O–H groups in total. The summed E-state index contributed by atoms with van der Waals surface area (Å²) in [5, 5.41) is 0.141. The molecule has 2 atom stereocenters. The zero-order valence-electron chi connectivity index (χ0n) is 12.3. The number of rotatable bonds is 4. The summed E-state index contributed by atoms with van der Waals surface area (Å²) in [6.45, 7) is 3.61. The number of sulfonamides is 1. The zero-order chi connectivity index (χ0) is 15.6. The number of nitrogens with one attached hydrogen (secondary N) is 1. The first kappa shape index (κ1) is 16.7. The molecule has 0 saturated heterocycles. The molecular weight excluding hydrogens is 313 g/mol. The highest BCUT2D eigenvalue weighted by molar-refractivity contribution is 7.89. The molecule has 0 amide bonds. The second-order valence-corrected chi connectivity index (χ2v) is 8.17. The van der Waals surface area contributed by atoms with Gasteiger partial charge < -0.3 is 0 Å². The van der Waals surface area contributed by atoms with Gasteiger partial charge in [-0.25, -0.2) is 17.5 Å². The number of halogens is 2. The van der Waals surface area contributed by atoms with E-state index in [1.54, 1.807) is 13.8 Å². The van der Waals surface area contributed by atoms with Crippen LogP contribution in [0.15, 0.2) is 17.0 Å². The van der Waals surface area contributed by atoms with E-state index in [0.29, 0.717) is 17.7 Å². The van der Waals surface area contributed by atoms with E-state index in [9.17, 15) is 12.8 Å². The van der Waals surface area contributed by atoms with Gasteiger partial charge in [0.1, 0.15) is 5.82 Å². The number of alkyl halides is 1. The van der Waals surface area contributed by atoms with E-state index >= 15 is 0 Å². The summed E-state index contributed by atoms with van der Waals surface area (Å²) in [5.41, 5.74) is 0.859. The highest BCUT2D eigenvalue weighted by atomic mass is 35.5. The lowest BCUT2D eigenvalue weighted by atomic mass is 9.89. The molecule has 2 rings (SSSR count). The average Bonchev–Trinajstić information content (AvgIpc) is 2.35. The van der Waals surface area contributed by atoms with E-state index in [2.05, 4.69) is 4.72 Å². The number of hydrogen-bond donors (Lipinski definition) is 1. The van der Waals surface area contributed by atoms with Crippen molar-refractivity contribution >= 4 is 21.6 Å². The van der Waals surface area contributed by atoms with E-state index in [-0.39, 0.29) is 16.2 Å². The van der Waals surface area contributed by atoms with Crippen molar-refractivity contribution in [2.75, 3.05) is 6.54 Å². The Labute approximate surface area is 130 Å². The third kappa shape index (κ3) is 4.18. The van der Waals surface area contributed by atoms with E-state index in [1.165, 1.54) is 12.1 Å². The number of aryl methyl sites for hydroxylation is 2. The summed E-state index contributed by atoms with van der Waals surface area (Å²) in [4.78, 5) is 0.183. The summed E-state index contributed by atoms with van der Waals surface area (Å²) in [7, 11) is -3.61. The third-order valence-corrected chi connectivity index (χ3v) is 6.10. The van der Waals surface area contributed by atoms with Crippen LogP contribution in [0.1, 0.15) is 36.8 Å². The van der Waals surface area contributed by atoms with Gasteiger partial charge in [0, 0.05) is 11.9 Å². The normalized spacial score (nSPS) is 23.2. The van der Waals surface area contributed by atoms with Crippen LogP contribution >= 0.6 is 11.6 Å². The standard InChI is InChI=1S/C15H21ClFNO2S/c1-10-6-14(17)7-11(2)15(10)21(19,20)18-9-12-4-3-5-13(16)8-12/h6-7,12-13,18H,3-5,8-9H2,1-2H3. The lowest BCUT2D eigenvalue weighted by molar-refractivity contribution is 0.361. The largest absolute Gasteiger partial charge is 0.241 e. The molecule has 3 nitrogen and oxygen atoms in total. The molecule has 21 heavy (non-hydrogen) atoms.